The van der Waals surface area contributed by atoms with Crippen LogP contribution in [0.15, 0.2) is 54.7 Å². The Bertz CT molecular complexity index is 640. The fraction of sp³-hybridized carbons (Fsp3) is 0.300. The van der Waals surface area contributed by atoms with E-state index in [1.54, 1.807) is 0 Å². The Hall–Kier alpha value is -2.02. The quantitative estimate of drug-likeness (QED) is 0.768. The van der Waals surface area contributed by atoms with Crippen LogP contribution in [0, 0.1) is 13.8 Å². The van der Waals surface area contributed by atoms with Crippen LogP contribution in [0.25, 0.3) is 5.57 Å². The molecule has 0 aromatic heterocycles. The summed E-state index contributed by atoms with van der Waals surface area (Å²) in [4.78, 5) is 2.45. The van der Waals surface area contributed by atoms with Crippen LogP contribution in [0.5, 0.6) is 0 Å². The van der Waals surface area contributed by atoms with Gasteiger partial charge in [0.2, 0.25) is 0 Å². The molecule has 1 aliphatic rings. The fourth-order valence-corrected chi connectivity index (χ4v) is 3.07. The van der Waals surface area contributed by atoms with E-state index in [0.29, 0.717) is 0 Å². The maximum absolute atomic E-state index is 2.45. The van der Waals surface area contributed by atoms with Crippen LogP contribution in [0.2, 0.25) is 0 Å². The third kappa shape index (κ3) is 3.18. The van der Waals surface area contributed by atoms with E-state index in [0.717, 1.165) is 13.1 Å². The van der Waals surface area contributed by atoms with Crippen LogP contribution in [0.4, 0.5) is 0 Å². The van der Waals surface area contributed by atoms with Gasteiger partial charge in [-0.3, -0.25) is 0 Å². The Labute approximate surface area is 127 Å². The van der Waals surface area contributed by atoms with Gasteiger partial charge in [0, 0.05) is 19.3 Å². The van der Waals surface area contributed by atoms with Gasteiger partial charge < -0.3 is 4.90 Å². The molecule has 2 aromatic rings. The van der Waals surface area contributed by atoms with Gasteiger partial charge in [0.1, 0.15) is 0 Å². The molecule has 108 valence electrons. The summed E-state index contributed by atoms with van der Waals surface area (Å²) in [7, 11) is 0. The Morgan fingerprint density at radius 2 is 1.76 bits per heavy atom. The van der Waals surface area contributed by atoms with Crippen molar-refractivity contribution >= 4 is 5.57 Å². The molecule has 3 rings (SSSR count). The van der Waals surface area contributed by atoms with Gasteiger partial charge in [-0.25, -0.2) is 0 Å². The van der Waals surface area contributed by atoms with Crippen molar-refractivity contribution in [2.75, 3.05) is 6.54 Å². The fourth-order valence-electron chi connectivity index (χ4n) is 3.07. The predicted octanol–water partition coefficient (Wildman–Crippen LogP) is 4.94. The van der Waals surface area contributed by atoms with Crippen molar-refractivity contribution in [2.45, 2.75) is 33.2 Å². The van der Waals surface area contributed by atoms with Crippen molar-refractivity contribution < 1.29 is 0 Å². The van der Waals surface area contributed by atoms with Crippen LogP contribution in [-0.4, -0.2) is 11.4 Å². The van der Waals surface area contributed by atoms with Crippen LogP contribution in [0.3, 0.4) is 0 Å². The SMILES string of the molecule is Cc1cccc(C2=CN(Cc3ccccc3)CCC2)c1C. The zero-order valence-electron chi connectivity index (χ0n) is 13.0. The molecule has 0 N–H and O–H groups in total. The highest BCUT2D eigenvalue weighted by molar-refractivity contribution is 5.69. The minimum Gasteiger partial charge on any atom is -0.373 e. The number of benzene rings is 2. The third-order valence-corrected chi connectivity index (χ3v) is 4.41. The average Bonchev–Trinajstić information content (AvgIpc) is 2.51. The molecule has 0 atom stereocenters. The average molecular weight is 277 g/mol. The third-order valence-electron chi connectivity index (χ3n) is 4.41. The second-order valence-electron chi connectivity index (χ2n) is 5.96. The van der Waals surface area contributed by atoms with Gasteiger partial charge in [0.25, 0.3) is 0 Å². The summed E-state index contributed by atoms with van der Waals surface area (Å²) >= 11 is 0. The van der Waals surface area contributed by atoms with E-state index in [1.807, 2.05) is 0 Å². The van der Waals surface area contributed by atoms with Crippen LogP contribution in [0.1, 0.15) is 35.1 Å². The van der Waals surface area contributed by atoms with Crippen molar-refractivity contribution in [3.8, 4) is 0 Å². The van der Waals surface area contributed by atoms with E-state index in [1.165, 1.54) is 40.7 Å². The standard InChI is InChI=1S/C20H23N/c1-16-8-6-12-20(17(16)2)19-11-7-13-21(15-19)14-18-9-4-3-5-10-18/h3-6,8-10,12,15H,7,11,13-14H2,1-2H3. The first-order valence-electron chi connectivity index (χ1n) is 7.79. The van der Waals surface area contributed by atoms with Gasteiger partial charge in [-0.05, 0) is 54.5 Å². The molecular formula is C20H23N. The molecule has 0 radical (unpaired) electrons. The lowest BCUT2D eigenvalue weighted by Gasteiger charge is -2.28. The van der Waals surface area contributed by atoms with E-state index in [4.69, 9.17) is 0 Å². The smallest absolute Gasteiger partial charge is 0.0424 e. The molecule has 0 saturated carbocycles. The second-order valence-corrected chi connectivity index (χ2v) is 5.96. The van der Waals surface area contributed by atoms with E-state index in [-0.39, 0.29) is 0 Å². The Morgan fingerprint density at radius 3 is 2.57 bits per heavy atom. The molecule has 1 heteroatoms. The van der Waals surface area contributed by atoms with E-state index < -0.39 is 0 Å². The van der Waals surface area contributed by atoms with Gasteiger partial charge in [0.15, 0.2) is 0 Å². The lowest BCUT2D eigenvalue weighted by Crippen LogP contribution is -2.22. The number of allylic oxidation sites excluding steroid dienone is 1. The van der Waals surface area contributed by atoms with Crippen LogP contribution >= 0.6 is 0 Å². The largest absolute Gasteiger partial charge is 0.373 e. The number of hydrogen-bond acceptors (Lipinski definition) is 1. The highest BCUT2D eigenvalue weighted by atomic mass is 15.1. The lowest BCUT2D eigenvalue weighted by atomic mass is 9.93. The first kappa shape index (κ1) is 13.9. The normalized spacial score (nSPS) is 15.0. The van der Waals surface area contributed by atoms with Crippen molar-refractivity contribution in [2.24, 2.45) is 0 Å². The summed E-state index contributed by atoms with van der Waals surface area (Å²) in [6, 6.07) is 17.4. The molecule has 0 aliphatic carbocycles. The van der Waals surface area contributed by atoms with E-state index >= 15 is 0 Å². The van der Waals surface area contributed by atoms with E-state index in [9.17, 15) is 0 Å². The monoisotopic (exact) mass is 277 g/mol. The molecule has 1 aliphatic heterocycles. The molecule has 21 heavy (non-hydrogen) atoms. The molecular weight excluding hydrogens is 254 g/mol. The minimum absolute atomic E-state index is 1.01. The van der Waals surface area contributed by atoms with Crippen LogP contribution < -0.4 is 0 Å². The van der Waals surface area contributed by atoms with Gasteiger partial charge in [0.05, 0.1) is 0 Å². The number of rotatable bonds is 3. The summed E-state index contributed by atoms with van der Waals surface area (Å²) in [6.45, 7) is 6.60. The summed E-state index contributed by atoms with van der Waals surface area (Å²) in [6.07, 6.45) is 4.81. The molecule has 1 nitrogen and oxygen atoms in total. The molecule has 0 saturated heterocycles. The maximum Gasteiger partial charge on any atom is 0.0424 e. The Kier molecular flexibility index (Phi) is 4.10. The van der Waals surface area contributed by atoms with Crippen molar-refractivity contribution in [3.63, 3.8) is 0 Å². The Morgan fingerprint density at radius 1 is 0.952 bits per heavy atom. The van der Waals surface area contributed by atoms with Crippen molar-refractivity contribution in [1.29, 1.82) is 0 Å². The first-order chi connectivity index (χ1) is 10.2. The number of nitrogens with zero attached hydrogens (tertiary/aromatic N) is 1. The van der Waals surface area contributed by atoms with Gasteiger partial charge in [-0.1, -0.05) is 48.5 Å². The minimum atomic E-state index is 1.01. The molecule has 0 fully saturated rings. The highest BCUT2D eigenvalue weighted by Crippen LogP contribution is 2.29. The van der Waals surface area contributed by atoms with Crippen LogP contribution in [-0.2, 0) is 6.54 Å². The van der Waals surface area contributed by atoms with Crippen molar-refractivity contribution in [3.05, 3.63) is 77.0 Å². The first-order valence-corrected chi connectivity index (χ1v) is 7.79. The number of aryl methyl sites for hydroxylation is 1. The zero-order valence-corrected chi connectivity index (χ0v) is 13.0. The van der Waals surface area contributed by atoms with E-state index in [2.05, 4.69) is 73.5 Å². The molecule has 1 heterocycles. The number of hydrogen-bond donors (Lipinski definition) is 0. The molecule has 0 amide bonds. The topological polar surface area (TPSA) is 3.24 Å². The molecule has 0 bridgehead atoms. The highest BCUT2D eigenvalue weighted by Gasteiger charge is 2.14. The van der Waals surface area contributed by atoms with Gasteiger partial charge in [-0.2, -0.15) is 0 Å². The summed E-state index contributed by atoms with van der Waals surface area (Å²) in [5, 5.41) is 0. The summed E-state index contributed by atoms with van der Waals surface area (Å²) in [5.41, 5.74) is 7.10. The summed E-state index contributed by atoms with van der Waals surface area (Å²) in [5.74, 6) is 0. The molecule has 2 aromatic carbocycles. The molecule has 0 spiro atoms. The van der Waals surface area contributed by atoms with Gasteiger partial charge in [-0.15, -0.1) is 0 Å². The summed E-state index contributed by atoms with van der Waals surface area (Å²) < 4.78 is 0. The molecule has 0 unspecified atom stereocenters. The Balaban J connectivity index is 1.84. The maximum atomic E-state index is 2.45. The lowest BCUT2D eigenvalue weighted by molar-refractivity contribution is 0.352. The van der Waals surface area contributed by atoms with Crippen molar-refractivity contribution in [1.82, 2.24) is 4.90 Å². The predicted molar refractivity (Wildman–Crippen MR) is 90.0 cm³/mol. The second kappa shape index (κ2) is 6.17. The van der Waals surface area contributed by atoms with Gasteiger partial charge >= 0.3 is 0 Å². The zero-order chi connectivity index (χ0) is 14.7.